The van der Waals surface area contributed by atoms with Crippen LogP contribution in [0.15, 0.2) is 84.9 Å². The summed E-state index contributed by atoms with van der Waals surface area (Å²) in [6, 6.07) is 30.0. The molecule has 0 aliphatic heterocycles. The molecule has 0 aliphatic rings. The fourth-order valence-corrected chi connectivity index (χ4v) is 4.85. The highest BCUT2D eigenvalue weighted by Gasteiger charge is 2.15. The molecule has 134 valence electrons. The van der Waals surface area contributed by atoms with Crippen molar-refractivity contribution in [3.63, 3.8) is 0 Å². The molecule has 0 amide bonds. The maximum Gasteiger partial charge on any atom is 0.0667 e. The summed E-state index contributed by atoms with van der Waals surface area (Å²) in [6.07, 6.45) is 0. The summed E-state index contributed by atoms with van der Waals surface area (Å²) in [5.41, 5.74) is 6.97. The Balaban J connectivity index is 1.71. The van der Waals surface area contributed by atoms with Crippen LogP contribution in [-0.2, 0) is 7.05 Å². The molecule has 0 fully saturated rings. The molecular weight excluding hydrogens is 364 g/mol. The highest BCUT2D eigenvalue weighted by molar-refractivity contribution is 6.27. The summed E-state index contributed by atoms with van der Waals surface area (Å²) >= 11 is 6.67. The predicted molar refractivity (Wildman–Crippen MR) is 120 cm³/mol. The largest absolute Gasteiger partial charge is 0.343 e. The molecule has 0 N–H and O–H groups in total. The van der Waals surface area contributed by atoms with E-state index in [1.807, 2.05) is 6.07 Å². The topological polar surface area (TPSA) is 9.86 Å². The third kappa shape index (κ3) is 1.98. The molecule has 6 rings (SSSR count). The number of halogens is 1. The number of nitrogens with zero attached hydrogens (tertiary/aromatic N) is 2. The van der Waals surface area contributed by atoms with E-state index in [1.54, 1.807) is 4.09 Å². The Morgan fingerprint density at radius 2 is 1.25 bits per heavy atom. The molecule has 2 aromatic heterocycles. The van der Waals surface area contributed by atoms with Crippen molar-refractivity contribution in [1.29, 1.82) is 0 Å². The Labute approximate surface area is 167 Å². The third-order valence-corrected chi connectivity index (χ3v) is 6.22. The Morgan fingerprint density at radius 1 is 0.607 bits per heavy atom. The first kappa shape index (κ1) is 15.8. The average Bonchev–Trinajstić information content (AvgIpc) is 3.21. The second kappa shape index (κ2) is 5.63. The Kier molecular flexibility index (Phi) is 3.18. The molecule has 6 aromatic rings. The molecule has 0 atom stereocenters. The van der Waals surface area contributed by atoms with Crippen LogP contribution in [0.4, 0.5) is 0 Å². The van der Waals surface area contributed by atoms with E-state index in [0.717, 1.165) is 11.0 Å². The number of fused-ring (bicyclic) bond motifs is 6. The summed E-state index contributed by atoms with van der Waals surface area (Å²) < 4.78 is 4.07. The van der Waals surface area contributed by atoms with E-state index in [-0.39, 0.29) is 0 Å². The molecule has 2 nitrogen and oxygen atoms in total. The van der Waals surface area contributed by atoms with Gasteiger partial charge in [0.25, 0.3) is 0 Å². The highest BCUT2D eigenvalue weighted by Crippen LogP contribution is 2.38. The first-order valence-corrected chi connectivity index (χ1v) is 9.74. The van der Waals surface area contributed by atoms with Crippen LogP contribution in [0.25, 0.3) is 54.7 Å². The van der Waals surface area contributed by atoms with Crippen LogP contribution < -0.4 is 0 Å². The van der Waals surface area contributed by atoms with Crippen molar-refractivity contribution in [2.75, 3.05) is 0 Å². The molecule has 2 heterocycles. The van der Waals surface area contributed by atoms with Crippen LogP contribution in [0.1, 0.15) is 0 Å². The van der Waals surface area contributed by atoms with Gasteiger partial charge < -0.3 is 4.57 Å². The molecule has 0 unspecified atom stereocenters. The maximum absolute atomic E-state index is 6.67. The van der Waals surface area contributed by atoms with Gasteiger partial charge in [-0.3, -0.25) is 4.09 Å². The summed E-state index contributed by atoms with van der Waals surface area (Å²) in [6.45, 7) is 0. The van der Waals surface area contributed by atoms with Gasteiger partial charge in [0.05, 0.1) is 16.6 Å². The first-order valence-electron chi connectivity index (χ1n) is 9.40. The Bertz CT molecular complexity index is 1530. The molecule has 0 aliphatic carbocycles. The van der Waals surface area contributed by atoms with Gasteiger partial charge in [-0.2, -0.15) is 0 Å². The lowest BCUT2D eigenvalue weighted by Gasteiger charge is -2.08. The standard InChI is InChI=1S/C25H17ClN2/c1-27-22-11-4-2-8-19(22)21-10-6-9-17(25(21)27)16-13-14-20-18-7-3-5-12-23(18)28(26)24(20)15-16/h2-15H,1H3. The van der Waals surface area contributed by atoms with Crippen molar-refractivity contribution in [3.05, 3.63) is 84.9 Å². The Morgan fingerprint density at radius 3 is 2.07 bits per heavy atom. The van der Waals surface area contributed by atoms with E-state index >= 15 is 0 Å². The summed E-state index contributed by atoms with van der Waals surface area (Å²) in [5.74, 6) is 0. The van der Waals surface area contributed by atoms with Crippen molar-refractivity contribution in [2.45, 2.75) is 0 Å². The summed E-state index contributed by atoms with van der Waals surface area (Å²) in [4.78, 5) is 0. The van der Waals surface area contributed by atoms with Gasteiger partial charge in [-0.25, -0.2) is 0 Å². The van der Waals surface area contributed by atoms with Crippen LogP contribution >= 0.6 is 11.8 Å². The molecular formula is C25H17ClN2. The molecule has 0 saturated heterocycles. The highest BCUT2D eigenvalue weighted by atomic mass is 35.5. The minimum Gasteiger partial charge on any atom is -0.343 e. The van der Waals surface area contributed by atoms with Gasteiger partial charge >= 0.3 is 0 Å². The van der Waals surface area contributed by atoms with Crippen molar-refractivity contribution < 1.29 is 0 Å². The second-order valence-corrected chi connectivity index (χ2v) is 7.65. The van der Waals surface area contributed by atoms with Crippen LogP contribution in [0.2, 0.25) is 0 Å². The van der Waals surface area contributed by atoms with Gasteiger partial charge in [0.2, 0.25) is 0 Å². The SMILES string of the molecule is Cn1c2ccccc2c2cccc(-c3ccc4c5ccccc5n(Cl)c4c3)c21. The molecule has 0 spiro atoms. The summed E-state index contributed by atoms with van der Waals surface area (Å²) in [7, 11) is 2.14. The van der Waals surface area contributed by atoms with E-state index in [0.29, 0.717) is 0 Å². The molecule has 0 saturated carbocycles. The van der Waals surface area contributed by atoms with Crippen LogP contribution in [0.3, 0.4) is 0 Å². The lowest BCUT2D eigenvalue weighted by Crippen LogP contribution is -1.90. The van der Waals surface area contributed by atoms with E-state index < -0.39 is 0 Å². The van der Waals surface area contributed by atoms with Gasteiger partial charge in [0.15, 0.2) is 0 Å². The van der Waals surface area contributed by atoms with E-state index in [9.17, 15) is 0 Å². The van der Waals surface area contributed by atoms with Crippen LogP contribution in [-0.4, -0.2) is 8.65 Å². The number of hydrogen-bond acceptors (Lipinski definition) is 0. The zero-order valence-electron chi connectivity index (χ0n) is 15.4. The smallest absolute Gasteiger partial charge is 0.0667 e. The monoisotopic (exact) mass is 380 g/mol. The zero-order valence-corrected chi connectivity index (χ0v) is 16.1. The van der Waals surface area contributed by atoms with E-state index in [4.69, 9.17) is 11.8 Å². The normalized spacial score (nSPS) is 11.9. The van der Waals surface area contributed by atoms with Crippen LogP contribution in [0, 0.1) is 0 Å². The quantitative estimate of drug-likeness (QED) is 0.287. The van der Waals surface area contributed by atoms with Gasteiger partial charge in [-0.05, 0) is 23.8 Å². The minimum atomic E-state index is 1.04. The third-order valence-electron chi connectivity index (χ3n) is 5.85. The van der Waals surface area contributed by atoms with Crippen molar-refractivity contribution >= 4 is 55.4 Å². The number of aromatic nitrogens is 2. The number of aryl methyl sites for hydroxylation is 1. The fourth-order valence-electron chi connectivity index (χ4n) is 4.56. The van der Waals surface area contributed by atoms with Crippen molar-refractivity contribution in [3.8, 4) is 11.1 Å². The molecule has 0 bridgehead atoms. The fraction of sp³-hybridized carbons (Fsp3) is 0.0400. The van der Waals surface area contributed by atoms with Crippen molar-refractivity contribution in [1.82, 2.24) is 8.65 Å². The van der Waals surface area contributed by atoms with E-state index in [1.165, 1.54) is 43.7 Å². The second-order valence-electron chi connectivity index (χ2n) is 7.31. The maximum atomic E-state index is 6.67. The number of para-hydroxylation sites is 3. The Hall–Kier alpha value is -3.23. The molecule has 0 radical (unpaired) electrons. The van der Waals surface area contributed by atoms with Gasteiger partial charge in [0, 0.05) is 51.4 Å². The van der Waals surface area contributed by atoms with Gasteiger partial charge in [-0.1, -0.05) is 66.7 Å². The molecule has 3 heteroatoms. The molecule has 4 aromatic carbocycles. The number of benzene rings is 4. The van der Waals surface area contributed by atoms with Crippen molar-refractivity contribution in [2.24, 2.45) is 7.05 Å². The lowest BCUT2D eigenvalue weighted by molar-refractivity contribution is 1.02. The average molecular weight is 381 g/mol. The molecule has 28 heavy (non-hydrogen) atoms. The lowest BCUT2D eigenvalue weighted by atomic mass is 10.0. The minimum absolute atomic E-state index is 1.04. The number of hydrogen-bond donors (Lipinski definition) is 0. The number of rotatable bonds is 1. The summed E-state index contributed by atoms with van der Waals surface area (Å²) in [5, 5.41) is 4.93. The first-order chi connectivity index (χ1) is 13.7. The van der Waals surface area contributed by atoms with Gasteiger partial charge in [0.1, 0.15) is 0 Å². The van der Waals surface area contributed by atoms with E-state index in [2.05, 4.69) is 90.5 Å². The van der Waals surface area contributed by atoms with Crippen LogP contribution in [0.5, 0.6) is 0 Å². The van der Waals surface area contributed by atoms with Gasteiger partial charge in [-0.15, -0.1) is 0 Å². The predicted octanol–water partition coefficient (Wildman–Crippen LogP) is 7.11. The zero-order chi connectivity index (χ0) is 18.8.